The van der Waals surface area contributed by atoms with Gasteiger partial charge in [-0.05, 0) is 18.6 Å². The smallest absolute Gasteiger partial charge is 0.254 e. The highest BCUT2D eigenvalue weighted by atomic mass is 16.1. The van der Waals surface area contributed by atoms with Crippen molar-refractivity contribution in [1.29, 1.82) is 0 Å². The fraction of sp³-hybridized carbons (Fsp3) is 0.182. The molecule has 0 saturated carbocycles. The molecule has 1 aromatic carbocycles. The number of carbonyl (C=O) groups excluding carboxylic acids is 1. The minimum Gasteiger partial charge on any atom is -0.398 e. The Morgan fingerprint density at radius 3 is 3.00 bits per heavy atom. The van der Waals surface area contributed by atoms with Crippen LogP contribution in [0.3, 0.4) is 0 Å². The van der Waals surface area contributed by atoms with Gasteiger partial charge in [0.15, 0.2) is 0 Å². The first kappa shape index (κ1) is 11.1. The lowest BCUT2D eigenvalue weighted by Crippen LogP contribution is -2.25. The molecule has 17 heavy (non-hydrogen) atoms. The molecule has 0 atom stereocenters. The SMILES string of the molecule is Cc1cccc(N)c1C(=O)NCc1ncn[nH]1. The average Bonchev–Trinajstić information content (AvgIpc) is 2.79. The second-order valence-electron chi connectivity index (χ2n) is 3.65. The number of hydrogen-bond donors (Lipinski definition) is 3. The summed E-state index contributed by atoms with van der Waals surface area (Å²) in [6.45, 7) is 2.15. The summed E-state index contributed by atoms with van der Waals surface area (Å²) in [7, 11) is 0. The zero-order chi connectivity index (χ0) is 12.3. The molecule has 0 radical (unpaired) electrons. The largest absolute Gasteiger partial charge is 0.398 e. The second kappa shape index (κ2) is 4.65. The normalized spacial score (nSPS) is 10.2. The Labute approximate surface area is 98.3 Å². The highest BCUT2D eigenvalue weighted by Gasteiger charge is 2.12. The molecular formula is C11H13N5O. The number of aromatic amines is 1. The molecule has 6 heteroatoms. The van der Waals surface area contributed by atoms with Crippen molar-refractivity contribution in [2.75, 3.05) is 5.73 Å². The van der Waals surface area contributed by atoms with E-state index in [-0.39, 0.29) is 5.91 Å². The number of amides is 1. The minimum atomic E-state index is -0.211. The summed E-state index contributed by atoms with van der Waals surface area (Å²) >= 11 is 0. The van der Waals surface area contributed by atoms with Gasteiger partial charge < -0.3 is 11.1 Å². The number of anilines is 1. The quantitative estimate of drug-likeness (QED) is 0.675. The van der Waals surface area contributed by atoms with E-state index in [2.05, 4.69) is 20.5 Å². The Morgan fingerprint density at radius 2 is 2.35 bits per heavy atom. The van der Waals surface area contributed by atoms with Gasteiger partial charge in [0.1, 0.15) is 12.2 Å². The fourth-order valence-electron chi connectivity index (χ4n) is 1.57. The molecule has 0 aliphatic heterocycles. The van der Waals surface area contributed by atoms with E-state index < -0.39 is 0 Å². The molecule has 6 nitrogen and oxygen atoms in total. The van der Waals surface area contributed by atoms with Crippen LogP contribution in [0.1, 0.15) is 21.7 Å². The van der Waals surface area contributed by atoms with Crippen molar-refractivity contribution in [2.45, 2.75) is 13.5 Å². The van der Waals surface area contributed by atoms with Gasteiger partial charge in [-0.1, -0.05) is 12.1 Å². The predicted molar refractivity (Wildman–Crippen MR) is 63.1 cm³/mol. The van der Waals surface area contributed by atoms with Crippen LogP contribution in [0.5, 0.6) is 0 Å². The number of nitrogens with two attached hydrogens (primary N) is 1. The molecule has 1 heterocycles. The van der Waals surface area contributed by atoms with E-state index >= 15 is 0 Å². The number of nitrogens with zero attached hydrogens (tertiary/aromatic N) is 2. The van der Waals surface area contributed by atoms with Crippen molar-refractivity contribution in [3.63, 3.8) is 0 Å². The van der Waals surface area contributed by atoms with Gasteiger partial charge >= 0.3 is 0 Å². The first-order chi connectivity index (χ1) is 8.18. The van der Waals surface area contributed by atoms with Crippen LogP contribution in [0.2, 0.25) is 0 Å². The van der Waals surface area contributed by atoms with E-state index in [4.69, 9.17) is 5.73 Å². The average molecular weight is 231 g/mol. The van der Waals surface area contributed by atoms with E-state index in [1.165, 1.54) is 6.33 Å². The molecule has 0 aliphatic carbocycles. The van der Waals surface area contributed by atoms with Crippen LogP contribution in [0.4, 0.5) is 5.69 Å². The van der Waals surface area contributed by atoms with Gasteiger partial charge in [-0.3, -0.25) is 9.89 Å². The van der Waals surface area contributed by atoms with Crippen molar-refractivity contribution in [3.8, 4) is 0 Å². The van der Waals surface area contributed by atoms with E-state index in [1.807, 2.05) is 19.1 Å². The maximum atomic E-state index is 11.9. The molecule has 2 rings (SSSR count). The summed E-state index contributed by atoms with van der Waals surface area (Å²) < 4.78 is 0. The highest BCUT2D eigenvalue weighted by molar-refractivity contribution is 6.00. The highest BCUT2D eigenvalue weighted by Crippen LogP contribution is 2.15. The van der Waals surface area contributed by atoms with Crippen molar-refractivity contribution < 1.29 is 4.79 Å². The number of hydrogen-bond acceptors (Lipinski definition) is 4. The summed E-state index contributed by atoms with van der Waals surface area (Å²) in [6.07, 6.45) is 1.39. The monoisotopic (exact) mass is 231 g/mol. The van der Waals surface area contributed by atoms with Gasteiger partial charge in [-0.2, -0.15) is 5.10 Å². The summed E-state index contributed by atoms with van der Waals surface area (Å²) in [4.78, 5) is 15.8. The zero-order valence-corrected chi connectivity index (χ0v) is 9.40. The van der Waals surface area contributed by atoms with Gasteiger partial charge in [-0.15, -0.1) is 0 Å². The fourth-order valence-corrected chi connectivity index (χ4v) is 1.57. The van der Waals surface area contributed by atoms with Crippen molar-refractivity contribution in [3.05, 3.63) is 41.5 Å². The topological polar surface area (TPSA) is 96.7 Å². The number of nitrogens with one attached hydrogen (secondary N) is 2. The standard InChI is InChI=1S/C11H13N5O/c1-7-3-2-4-8(12)10(7)11(17)13-5-9-14-6-15-16-9/h2-4,6H,5,12H2,1H3,(H,13,17)(H,14,15,16). The summed E-state index contributed by atoms with van der Waals surface area (Å²) in [5.74, 6) is 0.391. The van der Waals surface area contributed by atoms with Crippen LogP contribution in [0.15, 0.2) is 24.5 Å². The summed E-state index contributed by atoms with van der Waals surface area (Å²) in [5.41, 5.74) is 7.60. The molecular weight excluding hydrogens is 218 g/mol. The number of benzene rings is 1. The van der Waals surface area contributed by atoms with Gasteiger partial charge in [0.05, 0.1) is 12.1 Å². The number of rotatable bonds is 3. The molecule has 1 aromatic heterocycles. The lowest BCUT2D eigenvalue weighted by atomic mass is 10.1. The Morgan fingerprint density at radius 1 is 1.53 bits per heavy atom. The Hall–Kier alpha value is -2.37. The number of nitrogen functional groups attached to an aromatic ring is 1. The van der Waals surface area contributed by atoms with E-state index in [9.17, 15) is 4.79 Å². The maximum Gasteiger partial charge on any atom is 0.254 e. The van der Waals surface area contributed by atoms with E-state index in [0.29, 0.717) is 23.6 Å². The molecule has 1 amide bonds. The van der Waals surface area contributed by atoms with Crippen LogP contribution in [0.25, 0.3) is 0 Å². The third-order valence-corrected chi connectivity index (χ3v) is 2.41. The number of carbonyl (C=O) groups is 1. The Balaban J connectivity index is 2.10. The van der Waals surface area contributed by atoms with Crippen molar-refractivity contribution in [2.24, 2.45) is 0 Å². The summed E-state index contributed by atoms with van der Waals surface area (Å²) in [5, 5.41) is 9.09. The van der Waals surface area contributed by atoms with E-state index in [0.717, 1.165) is 5.56 Å². The molecule has 0 saturated heterocycles. The minimum absolute atomic E-state index is 0.211. The molecule has 2 aromatic rings. The Bertz CT molecular complexity index is 500. The first-order valence-electron chi connectivity index (χ1n) is 5.16. The molecule has 0 bridgehead atoms. The van der Waals surface area contributed by atoms with Crippen LogP contribution in [-0.4, -0.2) is 21.1 Å². The van der Waals surface area contributed by atoms with Crippen molar-refractivity contribution in [1.82, 2.24) is 20.5 Å². The van der Waals surface area contributed by atoms with Gasteiger partial charge in [0, 0.05) is 5.69 Å². The van der Waals surface area contributed by atoms with Gasteiger partial charge in [0.25, 0.3) is 5.91 Å². The lowest BCUT2D eigenvalue weighted by Gasteiger charge is -2.08. The molecule has 0 aliphatic rings. The summed E-state index contributed by atoms with van der Waals surface area (Å²) in [6, 6.07) is 5.37. The third kappa shape index (κ3) is 2.41. The van der Waals surface area contributed by atoms with Gasteiger partial charge in [-0.25, -0.2) is 4.98 Å². The van der Waals surface area contributed by atoms with Crippen LogP contribution >= 0.6 is 0 Å². The predicted octanol–water partition coefficient (Wildman–Crippen LogP) is 0.625. The van der Waals surface area contributed by atoms with Crippen LogP contribution in [-0.2, 0) is 6.54 Å². The first-order valence-corrected chi connectivity index (χ1v) is 5.16. The molecule has 0 spiro atoms. The molecule has 88 valence electrons. The molecule has 0 unspecified atom stereocenters. The van der Waals surface area contributed by atoms with Crippen LogP contribution < -0.4 is 11.1 Å². The molecule has 4 N–H and O–H groups in total. The van der Waals surface area contributed by atoms with Crippen molar-refractivity contribution >= 4 is 11.6 Å². The third-order valence-electron chi connectivity index (χ3n) is 2.41. The van der Waals surface area contributed by atoms with Gasteiger partial charge in [0.2, 0.25) is 0 Å². The maximum absolute atomic E-state index is 11.9. The van der Waals surface area contributed by atoms with Crippen LogP contribution in [0, 0.1) is 6.92 Å². The number of H-pyrrole nitrogens is 1. The zero-order valence-electron chi connectivity index (χ0n) is 9.40. The molecule has 0 fully saturated rings. The number of aryl methyl sites for hydroxylation is 1. The lowest BCUT2D eigenvalue weighted by molar-refractivity contribution is 0.0950. The Kier molecular flexibility index (Phi) is 3.04. The second-order valence-corrected chi connectivity index (χ2v) is 3.65. The van der Waals surface area contributed by atoms with E-state index in [1.54, 1.807) is 6.07 Å². The number of aromatic nitrogens is 3.